The Kier molecular flexibility index (Phi) is 3.04. The van der Waals surface area contributed by atoms with E-state index in [4.69, 9.17) is 9.47 Å². The summed E-state index contributed by atoms with van der Waals surface area (Å²) in [5.74, 6) is 0.497. The topological polar surface area (TPSA) is 81.6 Å². The number of hydrogen-bond donors (Lipinski definition) is 0. The SMILES string of the molecule is O=C1C/C(=C\c2cncnc2)C(=O)N1c1ccc2c(c1)OCO2. The first-order valence-electron chi connectivity index (χ1n) is 6.95. The largest absolute Gasteiger partial charge is 0.454 e. The summed E-state index contributed by atoms with van der Waals surface area (Å²) in [5, 5.41) is 0. The second kappa shape index (κ2) is 5.20. The van der Waals surface area contributed by atoms with Crippen molar-refractivity contribution in [2.45, 2.75) is 6.42 Å². The normalized spacial score (nSPS) is 18.1. The number of hydrogen-bond acceptors (Lipinski definition) is 6. The van der Waals surface area contributed by atoms with E-state index in [-0.39, 0.29) is 25.0 Å². The van der Waals surface area contributed by atoms with Gasteiger partial charge in [0.15, 0.2) is 11.5 Å². The van der Waals surface area contributed by atoms with Gasteiger partial charge in [0, 0.05) is 29.6 Å². The summed E-state index contributed by atoms with van der Waals surface area (Å²) in [6.45, 7) is 0.139. The van der Waals surface area contributed by atoms with Crippen LogP contribution in [-0.2, 0) is 9.59 Å². The van der Waals surface area contributed by atoms with E-state index < -0.39 is 0 Å². The third-order valence-electron chi connectivity index (χ3n) is 3.60. The highest BCUT2D eigenvalue weighted by Crippen LogP contribution is 2.37. The van der Waals surface area contributed by atoms with Gasteiger partial charge in [0.2, 0.25) is 12.7 Å². The lowest BCUT2D eigenvalue weighted by atomic mass is 10.1. The Morgan fingerprint density at radius 2 is 1.87 bits per heavy atom. The van der Waals surface area contributed by atoms with E-state index in [9.17, 15) is 9.59 Å². The van der Waals surface area contributed by atoms with Crippen molar-refractivity contribution in [2.24, 2.45) is 0 Å². The van der Waals surface area contributed by atoms with Gasteiger partial charge in [-0.05, 0) is 18.2 Å². The predicted octanol–water partition coefficient (Wildman–Crippen LogP) is 1.55. The molecule has 1 aromatic carbocycles. The van der Waals surface area contributed by atoms with Gasteiger partial charge in [-0.15, -0.1) is 0 Å². The summed E-state index contributed by atoms with van der Waals surface area (Å²) in [4.78, 5) is 33.7. The Balaban J connectivity index is 1.67. The number of carbonyl (C=O) groups is 2. The number of aromatic nitrogens is 2. The Bertz CT molecular complexity index is 832. The standard InChI is InChI=1S/C16H11N3O4/c20-15-4-11(3-10-6-17-8-18-7-10)16(21)19(15)12-1-2-13-14(5-12)23-9-22-13/h1-3,5-8H,4,9H2/b11-3+. The van der Waals surface area contributed by atoms with Gasteiger partial charge in [-0.2, -0.15) is 0 Å². The minimum Gasteiger partial charge on any atom is -0.454 e. The predicted molar refractivity (Wildman–Crippen MR) is 79.7 cm³/mol. The molecule has 2 aromatic rings. The Labute approximate surface area is 131 Å². The molecule has 2 aliphatic rings. The minimum absolute atomic E-state index is 0.0438. The number of ether oxygens (including phenoxy) is 2. The lowest BCUT2D eigenvalue weighted by Crippen LogP contribution is -2.28. The maximum atomic E-state index is 12.5. The van der Waals surface area contributed by atoms with Gasteiger partial charge < -0.3 is 9.47 Å². The highest BCUT2D eigenvalue weighted by molar-refractivity contribution is 6.29. The van der Waals surface area contributed by atoms with Crippen LogP contribution in [0.5, 0.6) is 11.5 Å². The van der Waals surface area contributed by atoms with Gasteiger partial charge in [0.25, 0.3) is 5.91 Å². The van der Waals surface area contributed by atoms with Crippen molar-refractivity contribution in [1.82, 2.24) is 9.97 Å². The summed E-state index contributed by atoms with van der Waals surface area (Å²) < 4.78 is 10.5. The van der Waals surface area contributed by atoms with Crippen LogP contribution < -0.4 is 14.4 Å². The van der Waals surface area contributed by atoms with E-state index in [1.54, 1.807) is 36.7 Å². The van der Waals surface area contributed by atoms with Gasteiger partial charge in [-0.1, -0.05) is 0 Å². The maximum absolute atomic E-state index is 12.5. The van der Waals surface area contributed by atoms with Crippen molar-refractivity contribution in [1.29, 1.82) is 0 Å². The number of amides is 2. The lowest BCUT2D eigenvalue weighted by molar-refractivity contribution is -0.120. The van der Waals surface area contributed by atoms with Crippen molar-refractivity contribution in [3.8, 4) is 11.5 Å². The zero-order valence-electron chi connectivity index (χ0n) is 11.9. The molecule has 0 spiro atoms. The van der Waals surface area contributed by atoms with Gasteiger partial charge in [-0.25, -0.2) is 14.9 Å². The van der Waals surface area contributed by atoms with Crippen LogP contribution in [0.1, 0.15) is 12.0 Å². The van der Waals surface area contributed by atoms with Crippen molar-refractivity contribution in [3.05, 3.63) is 48.1 Å². The van der Waals surface area contributed by atoms with Crippen molar-refractivity contribution < 1.29 is 19.1 Å². The van der Waals surface area contributed by atoms with E-state index in [1.807, 2.05) is 0 Å². The van der Waals surface area contributed by atoms with E-state index >= 15 is 0 Å². The molecule has 0 atom stereocenters. The third kappa shape index (κ3) is 2.32. The quantitative estimate of drug-likeness (QED) is 0.618. The molecular formula is C16H11N3O4. The van der Waals surface area contributed by atoms with Crippen molar-refractivity contribution in [2.75, 3.05) is 11.7 Å². The molecule has 0 saturated carbocycles. The number of imide groups is 1. The van der Waals surface area contributed by atoms with E-state index in [1.165, 1.54) is 6.33 Å². The molecule has 1 saturated heterocycles. The van der Waals surface area contributed by atoms with Gasteiger partial charge in [0.1, 0.15) is 6.33 Å². The van der Waals surface area contributed by atoms with E-state index in [2.05, 4.69) is 9.97 Å². The number of rotatable bonds is 2. The molecule has 0 unspecified atom stereocenters. The fourth-order valence-corrected chi connectivity index (χ4v) is 2.56. The summed E-state index contributed by atoms with van der Waals surface area (Å²) in [7, 11) is 0. The number of anilines is 1. The van der Waals surface area contributed by atoms with Crippen LogP contribution >= 0.6 is 0 Å². The second-order valence-corrected chi connectivity index (χ2v) is 5.09. The van der Waals surface area contributed by atoms with Crippen molar-refractivity contribution >= 4 is 23.6 Å². The number of benzene rings is 1. The van der Waals surface area contributed by atoms with Crippen LogP contribution in [0, 0.1) is 0 Å². The molecule has 2 amide bonds. The smallest absolute Gasteiger partial charge is 0.261 e. The summed E-state index contributed by atoms with van der Waals surface area (Å²) in [6, 6.07) is 4.98. The number of nitrogens with zero attached hydrogens (tertiary/aromatic N) is 3. The third-order valence-corrected chi connectivity index (χ3v) is 3.60. The molecule has 4 rings (SSSR count). The molecule has 23 heavy (non-hydrogen) atoms. The number of fused-ring (bicyclic) bond motifs is 1. The number of carbonyl (C=O) groups excluding carboxylic acids is 2. The van der Waals surface area contributed by atoms with Gasteiger partial charge in [0.05, 0.1) is 12.1 Å². The molecule has 0 aliphatic carbocycles. The average molecular weight is 309 g/mol. The molecule has 0 radical (unpaired) electrons. The fourth-order valence-electron chi connectivity index (χ4n) is 2.56. The first-order chi connectivity index (χ1) is 11.2. The van der Waals surface area contributed by atoms with Crippen LogP contribution in [0.25, 0.3) is 6.08 Å². The van der Waals surface area contributed by atoms with E-state index in [0.29, 0.717) is 28.3 Å². The highest BCUT2D eigenvalue weighted by Gasteiger charge is 2.35. The average Bonchev–Trinajstić information content (AvgIpc) is 3.13. The molecule has 1 aromatic heterocycles. The Hall–Kier alpha value is -3.22. The summed E-state index contributed by atoms with van der Waals surface area (Å²) >= 11 is 0. The zero-order valence-corrected chi connectivity index (χ0v) is 11.9. The molecule has 2 aliphatic heterocycles. The van der Waals surface area contributed by atoms with Crippen LogP contribution in [0.2, 0.25) is 0 Å². The summed E-state index contributed by atoms with van der Waals surface area (Å²) in [5.41, 5.74) is 1.55. The molecule has 7 nitrogen and oxygen atoms in total. The molecule has 0 N–H and O–H groups in total. The van der Waals surface area contributed by atoms with Crippen LogP contribution in [0.4, 0.5) is 5.69 Å². The van der Waals surface area contributed by atoms with Crippen LogP contribution in [0.3, 0.4) is 0 Å². The van der Waals surface area contributed by atoms with Gasteiger partial charge in [-0.3, -0.25) is 9.59 Å². The van der Waals surface area contributed by atoms with Crippen molar-refractivity contribution in [3.63, 3.8) is 0 Å². The lowest BCUT2D eigenvalue weighted by Gasteiger charge is -2.13. The monoisotopic (exact) mass is 309 g/mol. The Morgan fingerprint density at radius 3 is 2.70 bits per heavy atom. The summed E-state index contributed by atoms with van der Waals surface area (Å²) in [6.07, 6.45) is 6.25. The molecule has 0 bridgehead atoms. The molecule has 7 heteroatoms. The highest BCUT2D eigenvalue weighted by atomic mass is 16.7. The second-order valence-electron chi connectivity index (χ2n) is 5.09. The van der Waals surface area contributed by atoms with Crippen LogP contribution in [0.15, 0.2) is 42.5 Å². The first kappa shape index (κ1) is 13.4. The minimum atomic E-state index is -0.349. The fraction of sp³-hybridized carbons (Fsp3) is 0.125. The first-order valence-corrected chi connectivity index (χ1v) is 6.95. The Morgan fingerprint density at radius 1 is 1.09 bits per heavy atom. The molecule has 114 valence electrons. The molecular weight excluding hydrogens is 298 g/mol. The molecule has 1 fully saturated rings. The van der Waals surface area contributed by atoms with E-state index in [0.717, 1.165) is 4.90 Å². The maximum Gasteiger partial charge on any atom is 0.261 e. The zero-order chi connectivity index (χ0) is 15.8. The molecule has 3 heterocycles. The van der Waals surface area contributed by atoms with Crippen LogP contribution in [-0.4, -0.2) is 28.6 Å². The van der Waals surface area contributed by atoms with Gasteiger partial charge >= 0.3 is 0 Å².